The van der Waals surface area contributed by atoms with Crippen LogP contribution in [0.25, 0.3) is 0 Å². The first-order chi connectivity index (χ1) is 14.8. The second kappa shape index (κ2) is 8.66. The van der Waals surface area contributed by atoms with Crippen molar-refractivity contribution in [2.45, 2.75) is 37.5 Å². The van der Waals surface area contributed by atoms with Gasteiger partial charge in [0.25, 0.3) is 10.0 Å². The summed E-state index contributed by atoms with van der Waals surface area (Å²) in [6.07, 6.45) is 2.85. The summed E-state index contributed by atoms with van der Waals surface area (Å²) < 4.78 is 41.9. The van der Waals surface area contributed by atoms with Crippen molar-refractivity contribution in [3.63, 3.8) is 0 Å². The van der Waals surface area contributed by atoms with Crippen molar-refractivity contribution < 1.29 is 17.6 Å². The zero-order valence-corrected chi connectivity index (χ0v) is 18.1. The molecule has 0 atom stereocenters. The molecule has 31 heavy (non-hydrogen) atoms. The minimum atomic E-state index is -3.76. The van der Waals surface area contributed by atoms with E-state index in [9.17, 15) is 17.6 Å². The number of aliphatic imine (C=N–C) groups is 1. The lowest BCUT2D eigenvalue weighted by Gasteiger charge is -2.32. The molecule has 0 aliphatic carbocycles. The Balaban J connectivity index is 1.47. The molecule has 2 aromatic carbocycles. The van der Waals surface area contributed by atoms with Gasteiger partial charge in [-0.05, 0) is 56.0 Å². The average molecular weight is 445 g/mol. The predicted octanol–water partition coefficient (Wildman–Crippen LogP) is 3.00. The van der Waals surface area contributed by atoms with Crippen molar-refractivity contribution in [2.24, 2.45) is 4.99 Å². The van der Waals surface area contributed by atoms with Gasteiger partial charge in [0.05, 0.1) is 11.4 Å². The van der Waals surface area contributed by atoms with Crippen LogP contribution in [0.15, 0.2) is 46.3 Å². The maximum atomic E-state index is 14.2. The zero-order valence-electron chi connectivity index (χ0n) is 17.3. The number of nitrogens with one attached hydrogen (secondary N) is 2. The smallest absolute Gasteiger partial charge is 0.262 e. The van der Waals surface area contributed by atoms with Crippen LogP contribution < -0.4 is 14.9 Å². The van der Waals surface area contributed by atoms with Gasteiger partial charge in [-0.1, -0.05) is 12.1 Å². The van der Waals surface area contributed by atoms with Gasteiger partial charge in [0.1, 0.15) is 11.7 Å². The second-order valence-corrected chi connectivity index (χ2v) is 9.51. The fourth-order valence-corrected chi connectivity index (χ4v) is 5.21. The van der Waals surface area contributed by atoms with Crippen molar-refractivity contribution >= 4 is 33.1 Å². The molecule has 0 aromatic heterocycles. The summed E-state index contributed by atoms with van der Waals surface area (Å²) in [6.45, 7) is 3.25. The fraction of sp³-hybridized carbons (Fsp3) is 0.364. The lowest BCUT2D eigenvalue weighted by atomic mass is 9.97. The zero-order chi connectivity index (χ0) is 22.0. The van der Waals surface area contributed by atoms with Crippen molar-refractivity contribution in [2.75, 3.05) is 29.9 Å². The first-order valence-corrected chi connectivity index (χ1v) is 11.8. The Bertz CT molecular complexity index is 1150. The molecule has 2 aromatic rings. The Morgan fingerprint density at radius 1 is 1.19 bits per heavy atom. The van der Waals surface area contributed by atoms with Crippen molar-refractivity contribution in [3.05, 3.63) is 53.3 Å². The van der Waals surface area contributed by atoms with Gasteiger partial charge in [0.15, 0.2) is 0 Å². The van der Waals surface area contributed by atoms with E-state index in [0.29, 0.717) is 43.0 Å². The van der Waals surface area contributed by atoms with Crippen LogP contribution in [0.2, 0.25) is 0 Å². The van der Waals surface area contributed by atoms with Gasteiger partial charge in [-0.25, -0.2) is 12.8 Å². The fourth-order valence-electron chi connectivity index (χ4n) is 4.08. The third kappa shape index (κ3) is 4.71. The number of carbonyl (C=O) groups excluding carboxylic acids is 1. The monoisotopic (exact) mass is 444 g/mol. The third-order valence-electron chi connectivity index (χ3n) is 5.49. The first-order valence-electron chi connectivity index (χ1n) is 10.3. The molecule has 1 amide bonds. The number of aryl methyl sites for hydroxylation is 1. The van der Waals surface area contributed by atoms with E-state index in [1.165, 1.54) is 18.2 Å². The number of carbonyl (C=O) groups is 1. The average Bonchev–Trinajstić information content (AvgIpc) is 3.23. The molecule has 0 bridgehead atoms. The van der Waals surface area contributed by atoms with E-state index >= 15 is 0 Å². The van der Waals surface area contributed by atoms with Gasteiger partial charge in [-0.3, -0.25) is 14.5 Å². The van der Waals surface area contributed by atoms with E-state index in [4.69, 9.17) is 0 Å². The summed E-state index contributed by atoms with van der Waals surface area (Å²) in [7, 11) is -3.76. The molecular formula is C22H25FN4O3S. The number of benzene rings is 2. The quantitative estimate of drug-likeness (QED) is 0.742. The maximum Gasteiger partial charge on any atom is 0.262 e. The van der Waals surface area contributed by atoms with Crippen molar-refractivity contribution in [1.29, 1.82) is 0 Å². The highest BCUT2D eigenvalue weighted by Gasteiger charge is 2.24. The van der Waals surface area contributed by atoms with E-state index in [2.05, 4.69) is 15.0 Å². The predicted molar refractivity (Wildman–Crippen MR) is 119 cm³/mol. The summed E-state index contributed by atoms with van der Waals surface area (Å²) in [6, 6.07) is 9.30. The Kier molecular flexibility index (Phi) is 5.95. The van der Waals surface area contributed by atoms with Crippen molar-refractivity contribution in [1.82, 2.24) is 4.72 Å². The molecule has 4 rings (SSSR count). The summed E-state index contributed by atoms with van der Waals surface area (Å²) in [4.78, 5) is 18.8. The van der Waals surface area contributed by atoms with Crippen LogP contribution >= 0.6 is 0 Å². The summed E-state index contributed by atoms with van der Waals surface area (Å²) >= 11 is 0. The van der Waals surface area contributed by atoms with E-state index in [1.54, 1.807) is 18.2 Å². The number of halogens is 1. The van der Waals surface area contributed by atoms with E-state index in [-0.39, 0.29) is 23.2 Å². The summed E-state index contributed by atoms with van der Waals surface area (Å²) in [5, 5.41) is 2.76. The van der Waals surface area contributed by atoms with Crippen LogP contribution in [0.3, 0.4) is 0 Å². The van der Waals surface area contributed by atoms with Crippen LogP contribution in [0.4, 0.5) is 15.8 Å². The maximum absolute atomic E-state index is 14.2. The highest BCUT2D eigenvalue weighted by atomic mass is 32.2. The van der Waals surface area contributed by atoms with Crippen LogP contribution in [-0.4, -0.2) is 39.8 Å². The molecule has 0 spiro atoms. The minimum Gasteiger partial charge on any atom is -0.362 e. The van der Waals surface area contributed by atoms with Gasteiger partial charge in [0, 0.05) is 36.4 Å². The molecule has 2 aliphatic rings. The van der Waals surface area contributed by atoms with Crippen LogP contribution in [0.5, 0.6) is 0 Å². The van der Waals surface area contributed by atoms with Gasteiger partial charge >= 0.3 is 0 Å². The Labute approximate surface area is 181 Å². The second-order valence-electron chi connectivity index (χ2n) is 7.83. The van der Waals surface area contributed by atoms with E-state index in [0.717, 1.165) is 24.1 Å². The Hall–Kier alpha value is -2.94. The van der Waals surface area contributed by atoms with E-state index < -0.39 is 10.0 Å². The number of amidine groups is 1. The molecule has 7 nitrogen and oxygen atoms in total. The lowest BCUT2D eigenvalue weighted by Crippen LogP contribution is -2.37. The summed E-state index contributed by atoms with van der Waals surface area (Å²) in [5.74, 6) is -0.0806. The van der Waals surface area contributed by atoms with Crippen molar-refractivity contribution in [3.8, 4) is 0 Å². The lowest BCUT2D eigenvalue weighted by molar-refractivity contribution is -0.115. The SMILES string of the molecule is Cc1ccc(F)c2c1N(CC(=O)Nc1cccc(S(=O)(=O)NC3=NCCC3)c1)CCC2. The standard InChI is InChI=1S/C22H25FN4O3S/c1-15-9-10-19(23)18-7-4-12-27(22(15)18)14-21(28)25-16-5-2-6-17(13-16)31(29,30)26-20-8-3-11-24-20/h2,5-6,9-10,13H,3-4,7-8,11-12,14H2,1H3,(H,24,26)(H,25,28). The molecule has 164 valence electrons. The third-order valence-corrected chi connectivity index (χ3v) is 6.87. The number of hydrogen-bond donors (Lipinski definition) is 2. The number of amides is 1. The molecular weight excluding hydrogens is 419 g/mol. The van der Waals surface area contributed by atoms with Crippen LogP contribution in [0.1, 0.15) is 30.4 Å². The topological polar surface area (TPSA) is 90.9 Å². The highest BCUT2D eigenvalue weighted by Crippen LogP contribution is 2.32. The molecule has 2 heterocycles. The van der Waals surface area contributed by atoms with Gasteiger partial charge in [-0.2, -0.15) is 0 Å². The normalized spacial score (nSPS) is 15.9. The molecule has 2 N–H and O–H groups in total. The molecule has 0 saturated carbocycles. The number of fused-ring (bicyclic) bond motifs is 1. The van der Waals surface area contributed by atoms with Gasteiger partial charge in [-0.15, -0.1) is 0 Å². The first kappa shape index (κ1) is 21.3. The molecule has 0 unspecified atom stereocenters. The highest BCUT2D eigenvalue weighted by molar-refractivity contribution is 7.90. The molecule has 0 saturated heterocycles. The van der Waals surface area contributed by atoms with E-state index in [1.807, 2.05) is 11.8 Å². The number of nitrogens with zero attached hydrogens (tertiary/aromatic N) is 2. The van der Waals surface area contributed by atoms with Gasteiger partial charge < -0.3 is 10.2 Å². The largest absolute Gasteiger partial charge is 0.362 e. The number of sulfonamides is 1. The molecule has 0 fully saturated rings. The van der Waals surface area contributed by atoms with Crippen LogP contribution in [-0.2, 0) is 21.2 Å². The minimum absolute atomic E-state index is 0.0566. The molecule has 9 heteroatoms. The number of rotatable bonds is 5. The Morgan fingerprint density at radius 2 is 2.03 bits per heavy atom. The number of hydrogen-bond acceptors (Lipinski definition) is 5. The summed E-state index contributed by atoms with van der Waals surface area (Å²) in [5.41, 5.74) is 2.74. The Morgan fingerprint density at radius 3 is 2.81 bits per heavy atom. The van der Waals surface area contributed by atoms with Crippen LogP contribution in [0, 0.1) is 12.7 Å². The molecule has 0 radical (unpaired) electrons. The van der Waals surface area contributed by atoms with Gasteiger partial charge in [0.2, 0.25) is 5.91 Å². The molecule has 2 aliphatic heterocycles. The number of anilines is 2.